The van der Waals surface area contributed by atoms with Gasteiger partial charge in [0.1, 0.15) is 6.04 Å². The number of ether oxygens (including phenoxy) is 1. The van der Waals surface area contributed by atoms with E-state index < -0.39 is 23.9 Å². The number of anilines is 1. The first kappa shape index (κ1) is 16.5. The molecule has 0 aromatic heterocycles. The van der Waals surface area contributed by atoms with Gasteiger partial charge in [-0.15, -0.1) is 0 Å². The number of nitrogens with one attached hydrogen (secondary N) is 1. The zero-order valence-electron chi connectivity index (χ0n) is 11.7. The molecule has 0 bridgehead atoms. The molecule has 1 amide bonds. The summed E-state index contributed by atoms with van der Waals surface area (Å²) in [6.07, 6.45) is -0.0482. The van der Waals surface area contributed by atoms with Crippen LogP contribution in [-0.2, 0) is 25.5 Å². The second kappa shape index (κ2) is 7.88. The van der Waals surface area contributed by atoms with Crippen LogP contribution in [0.25, 0.3) is 0 Å². The van der Waals surface area contributed by atoms with Gasteiger partial charge in [0.2, 0.25) is 5.91 Å². The summed E-state index contributed by atoms with van der Waals surface area (Å²) in [6.45, 7) is 0. The molecule has 1 aromatic rings. The van der Waals surface area contributed by atoms with Crippen LogP contribution in [0.2, 0.25) is 0 Å². The highest BCUT2D eigenvalue weighted by Gasteiger charge is 2.21. The summed E-state index contributed by atoms with van der Waals surface area (Å²) >= 11 is 0. The van der Waals surface area contributed by atoms with E-state index >= 15 is 0 Å². The van der Waals surface area contributed by atoms with Gasteiger partial charge in [-0.2, -0.15) is 0 Å². The Morgan fingerprint density at radius 2 is 1.90 bits per heavy atom. The van der Waals surface area contributed by atoms with Gasteiger partial charge in [-0.1, -0.05) is 12.1 Å². The second-order valence-electron chi connectivity index (χ2n) is 4.49. The third-order valence-corrected chi connectivity index (χ3v) is 2.84. The van der Waals surface area contributed by atoms with Crippen molar-refractivity contribution in [3.05, 3.63) is 29.8 Å². The summed E-state index contributed by atoms with van der Waals surface area (Å²) in [4.78, 5) is 33.9. The van der Waals surface area contributed by atoms with Gasteiger partial charge >= 0.3 is 11.9 Å². The summed E-state index contributed by atoms with van der Waals surface area (Å²) in [5, 5.41) is 11.4. The average molecular weight is 294 g/mol. The van der Waals surface area contributed by atoms with Crippen molar-refractivity contribution in [3.63, 3.8) is 0 Å². The van der Waals surface area contributed by atoms with Crippen LogP contribution in [0.1, 0.15) is 18.4 Å². The molecule has 0 fully saturated rings. The van der Waals surface area contributed by atoms with Crippen LogP contribution in [0.5, 0.6) is 0 Å². The van der Waals surface area contributed by atoms with Crippen molar-refractivity contribution in [2.75, 3.05) is 12.8 Å². The van der Waals surface area contributed by atoms with E-state index in [-0.39, 0.29) is 19.3 Å². The van der Waals surface area contributed by atoms with Crippen LogP contribution in [0.4, 0.5) is 5.69 Å². The number of hydrogen-bond donors (Lipinski definition) is 3. The maximum Gasteiger partial charge on any atom is 0.326 e. The Kier molecular flexibility index (Phi) is 6.19. The molecule has 0 aliphatic rings. The van der Waals surface area contributed by atoms with E-state index in [1.165, 1.54) is 7.11 Å². The quantitative estimate of drug-likeness (QED) is 0.492. The molecule has 0 radical (unpaired) electrons. The lowest BCUT2D eigenvalue weighted by molar-refractivity contribution is -0.144. The summed E-state index contributed by atoms with van der Waals surface area (Å²) in [5.41, 5.74) is 6.84. The van der Waals surface area contributed by atoms with E-state index in [9.17, 15) is 14.4 Å². The Hall–Kier alpha value is -2.57. The van der Waals surface area contributed by atoms with Crippen molar-refractivity contribution in [3.8, 4) is 0 Å². The third-order valence-electron chi connectivity index (χ3n) is 2.84. The molecule has 1 atom stereocenters. The SMILES string of the molecule is COC(=O)CCC(NC(=O)Cc1ccc(N)cc1)C(=O)O. The van der Waals surface area contributed by atoms with Crippen LogP contribution >= 0.6 is 0 Å². The Labute approximate surface area is 122 Å². The fourth-order valence-electron chi connectivity index (χ4n) is 1.69. The van der Waals surface area contributed by atoms with Gasteiger partial charge in [-0.25, -0.2) is 4.79 Å². The number of hydrogen-bond acceptors (Lipinski definition) is 5. The van der Waals surface area contributed by atoms with Crippen LogP contribution in [-0.4, -0.2) is 36.1 Å². The molecule has 4 N–H and O–H groups in total. The molecule has 0 aliphatic carbocycles. The summed E-state index contributed by atoms with van der Waals surface area (Å²) in [7, 11) is 1.22. The number of carbonyl (C=O) groups excluding carboxylic acids is 2. The van der Waals surface area contributed by atoms with E-state index in [0.717, 1.165) is 5.56 Å². The Bertz CT molecular complexity index is 513. The Morgan fingerprint density at radius 3 is 2.43 bits per heavy atom. The zero-order valence-corrected chi connectivity index (χ0v) is 11.7. The van der Waals surface area contributed by atoms with Crippen LogP contribution in [0.15, 0.2) is 24.3 Å². The predicted octanol–water partition coefficient (Wildman–Crippen LogP) is 0.334. The normalized spacial score (nSPS) is 11.5. The third kappa shape index (κ3) is 5.94. The largest absolute Gasteiger partial charge is 0.480 e. The molecule has 0 spiro atoms. The van der Waals surface area contributed by atoms with Gasteiger partial charge in [-0.05, 0) is 24.1 Å². The summed E-state index contributed by atoms with van der Waals surface area (Å²) in [5.74, 6) is -2.14. The smallest absolute Gasteiger partial charge is 0.326 e. The lowest BCUT2D eigenvalue weighted by Gasteiger charge is -2.14. The number of amides is 1. The molecule has 7 nitrogen and oxygen atoms in total. The van der Waals surface area contributed by atoms with Crippen molar-refractivity contribution in [2.24, 2.45) is 0 Å². The van der Waals surface area contributed by atoms with E-state index in [0.29, 0.717) is 5.69 Å². The molecule has 0 heterocycles. The molecule has 7 heteroatoms. The monoisotopic (exact) mass is 294 g/mol. The first-order chi connectivity index (χ1) is 9.92. The molecule has 1 unspecified atom stereocenters. The standard InChI is InChI=1S/C14H18N2O5/c1-21-13(18)7-6-11(14(19)20)16-12(17)8-9-2-4-10(15)5-3-9/h2-5,11H,6-8,15H2,1H3,(H,16,17)(H,19,20). The fraction of sp³-hybridized carbons (Fsp3) is 0.357. The first-order valence-electron chi connectivity index (χ1n) is 6.35. The number of carboxylic acids is 1. The maximum atomic E-state index is 11.8. The minimum Gasteiger partial charge on any atom is -0.480 e. The minimum absolute atomic E-state index is 0.0184. The first-order valence-corrected chi connectivity index (χ1v) is 6.35. The Balaban J connectivity index is 2.54. The van der Waals surface area contributed by atoms with Gasteiger partial charge in [-0.3, -0.25) is 9.59 Å². The van der Waals surface area contributed by atoms with Crippen molar-refractivity contribution in [1.29, 1.82) is 0 Å². The number of carboxylic acid groups (broad SMARTS) is 1. The van der Waals surface area contributed by atoms with Gasteiger partial charge < -0.3 is 20.9 Å². The molecular weight excluding hydrogens is 276 g/mol. The van der Waals surface area contributed by atoms with E-state index in [1.54, 1.807) is 24.3 Å². The topological polar surface area (TPSA) is 119 Å². The van der Waals surface area contributed by atoms with E-state index in [1.807, 2.05) is 0 Å². The number of esters is 1. The predicted molar refractivity (Wildman–Crippen MR) is 75.4 cm³/mol. The van der Waals surface area contributed by atoms with Crippen LogP contribution < -0.4 is 11.1 Å². The van der Waals surface area contributed by atoms with Crippen molar-refractivity contribution in [2.45, 2.75) is 25.3 Å². The zero-order chi connectivity index (χ0) is 15.8. The molecule has 1 rings (SSSR count). The number of nitrogen functional groups attached to an aromatic ring is 1. The van der Waals surface area contributed by atoms with Crippen molar-refractivity contribution in [1.82, 2.24) is 5.32 Å². The van der Waals surface area contributed by atoms with Crippen molar-refractivity contribution < 1.29 is 24.2 Å². The molecule has 0 aliphatic heterocycles. The minimum atomic E-state index is -1.19. The highest BCUT2D eigenvalue weighted by molar-refractivity contribution is 5.85. The van der Waals surface area contributed by atoms with Crippen molar-refractivity contribution >= 4 is 23.5 Å². The van der Waals surface area contributed by atoms with Gasteiger partial charge in [0.15, 0.2) is 0 Å². The fourth-order valence-corrected chi connectivity index (χ4v) is 1.69. The van der Waals surface area contributed by atoms with Gasteiger partial charge in [0.05, 0.1) is 13.5 Å². The molecule has 21 heavy (non-hydrogen) atoms. The number of benzene rings is 1. The lowest BCUT2D eigenvalue weighted by atomic mass is 10.1. The molecule has 114 valence electrons. The Morgan fingerprint density at radius 1 is 1.29 bits per heavy atom. The molecule has 1 aromatic carbocycles. The van der Waals surface area contributed by atoms with E-state index in [4.69, 9.17) is 10.8 Å². The second-order valence-corrected chi connectivity index (χ2v) is 4.49. The highest BCUT2D eigenvalue weighted by atomic mass is 16.5. The number of carbonyl (C=O) groups is 3. The number of nitrogens with two attached hydrogens (primary N) is 1. The molecular formula is C14H18N2O5. The number of methoxy groups -OCH3 is 1. The van der Waals surface area contributed by atoms with Crippen LogP contribution in [0, 0.1) is 0 Å². The summed E-state index contributed by atoms with van der Waals surface area (Å²) in [6, 6.07) is 5.59. The lowest BCUT2D eigenvalue weighted by Crippen LogP contribution is -2.41. The number of aliphatic carboxylic acids is 1. The van der Waals surface area contributed by atoms with E-state index in [2.05, 4.69) is 10.1 Å². The highest BCUT2D eigenvalue weighted by Crippen LogP contribution is 2.07. The summed E-state index contributed by atoms with van der Waals surface area (Å²) < 4.78 is 4.44. The maximum absolute atomic E-state index is 11.8. The van der Waals surface area contributed by atoms with Gasteiger partial charge in [0.25, 0.3) is 0 Å². The van der Waals surface area contributed by atoms with Crippen LogP contribution in [0.3, 0.4) is 0 Å². The molecule has 0 saturated carbocycles. The molecule has 0 saturated heterocycles. The number of rotatable bonds is 7. The average Bonchev–Trinajstić information content (AvgIpc) is 2.45. The van der Waals surface area contributed by atoms with Gasteiger partial charge in [0, 0.05) is 12.1 Å².